The van der Waals surface area contributed by atoms with Gasteiger partial charge in [0.05, 0.1) is 12.8 Å². The van der Waals surface area contributed by atoms with Gasteiger partial charge in [-0.3, -0.25) is 14.2 Å². The number of sulfonamides is 1. The number of benzene rings is 2. The third-order valence-electron chi connectivity index (χ3n) is 4.33. The van der Waals surface area contributed by atoms with E-state index >= 15 is 0 Å². The van der Waals surface area contributed by atoms with Crippen molar-refractivity contribution in [2.24, 2.45) is 0 Å². The summed E-state index contributed by atoms with van der Waals surface area (Å²) in [5, 5.41) is 7.13. The smallest absolute Gasteiger partial charge is 0.265 e. The molecule has 1 amide bonds. The number of hydrogen-bond donors (Lipinski definition) is 2. The normalized spacial score (nSPS) is 11.4. The van der Waals surface area contributed by atoms with Gasteiger partial charge >= 0.3 is 0 Å². The molecule has 0 aliphatic rings. The van der Waals surface area contributed by atoms with Crippen molar-refractivity contribution in [3.05, 3.63) is 54.7 Å². The minimum atomic E-state index is -4.01. The second kappa shape index (κ2) is 8.58. The molecule has 0 spiro atoms. The number of carbonyl (C=O) groups is 1. The number of nitrogens with zero attached hydrogens (tertiary/aromatic N) is 2. The molecular formula is C21H24N4O4S. The van der Waals surface area contributed by atoms with Crippen molar-refractivity contribution in [2.75, 3.05) is 17.1 Å². The number of anilines is 2. The Balaban J connectivity index is 2.07. The fraction of sp³-hybridized carbons (Fsp3) is 0.238. The molecule has 0 saturated carbocycles. The van der Waals surface area contributed by atoms with E-state index in [1.807, 2.05) is 44.2 Å². The second-order valence-electron chi connectivity index (χ2n) is 6.98. The van der Waals surface area contributed by atoms with E-state index in [9.17, 15) is 13.2 Å². The summed E-state index contributed by atoms with van der Waals surface area (Å²) in [6.45, 7) is 5.22. The molecule has 0 saturated heterocycles. The zero-order valence-electron chi connectivity index (χ0n) is 17.2. The lowest BCUT2D eigenvalue weighted by Gasteiger charge is -2.13. The predicted octanol–water partition coefficient (Wildman–Crippen LogP) is 3.90. The van der Waals surface area contributed by atoms with Gasteiger partial charge in [-0.25, -0.2) is 8.42 Å². The van der Waals surface area contributed by atoms with Crippen LogP contribution in [0.2, 0.25) is 0 Å². The van der Waals surface area contributed by atoms with Crippen LogP contribution in [-0.2, 0) is 14.8 Å². The molecule has 9 heteroatoms. The van der Waals surface area contributed by atoms with Crippen molar-refractivity contribution in [2.45, 2.75) is 31.7 Å². The Kier molecular flexibility index (Phi) is 6.12. The molecule has 30 heavy (non-hydrogen) atoms. The Hall–Kier alpha value is -3.33. The zero-order valence-corrected chi connectivity index (χ0v) is 18.0. The molecule has 0 unspecified atom stereocenters. The topological polar surface area (TPSA) is 102 Å². The van der Waals surface area contributed by atoms with Crippen molar-refractivity contribution < 1.29 is 17.9 Å². The molecule has 0 radical (unpaired) electrons. The van der Waals surface area contributed by atoms with Crippen LogP contribution in [0.3, 0.4) is 0 Å². The lowest BCUT2D eigenvalue weighted by atomic mass is 10.2. The Bertz CT molecular complexity index is 1160. The predicted molar refractivity (Wildman–Crippen MR) is 116 cm³/mol. The number of aromatic nitrogens is 2. The number of amides is 1. The fourth-order valence-corrected chi connectivity index (χ4v) is 4.12. The maximum absolute atomic E-state index is 13.3. The first-order valence-electron chi connectivity index (χ1n) is 9.34. The summed E-state index contributed by atoms with van der Waals surface area (Å²) in [7, 11) is -2.57. The van der Waals surface area contributed by atoms with Crippen molar-refractivity contribution in [3.63, 3.8) is 0 Å². The van der Waals surface area contributed by atoms with Crippen LogP contribution in [0.25, 0.3) is 11.3 Å². The summed E-state index contributed by atoms with van der Waals surface area (Å²) in [6, 6.07) is 13.8. The monoisotopic (exact) mass is 428 g/mol. The van der Waals surface area contributed by atoms with E-state index in [1.54, 1.807) is 16.8 Å². The molecule has 2 aromatic carbocycles. The summed E-state index contributed by atoms with van der Waals surface area (Å²) in [4.78, 5) is 11.4. The van der Waals surface area contributed by atoms with Gasteiger partial charge in [0.15, 0.2) is 0 Å². The average Bonchev–Trinajstić information content (AvgIpc) is 3.15. The van der Waals surface area contributed by atoms with Gasteiger partial charge in [-0.2, -0.15) is 5.10 Å². The van der Waals surface area contributed by atoms with Gasteiger partial charge in [0.25, 0.3) is 10.0 Å². The van der Waals surface area contributed by atoms with Crippen LogP contribution >= 0.6 is 0 Å². The Morgan fingerprint density at radius 3 is 2.43 bits per heavy atom. The Labute approximate surface area is 175 Å². The molecule has 3 rings (SSSR count). The molecule has 158 valence electrons. The van der Waals surface area contributed by atoms with Crippen molar-refractivity contribution in [3.8, 4) is 17.0 Å². The zero-order chi connectivity index (χ0) is 21.9. The third kappa shape index (κ3) is 4.62. The van der Waals surface area contributed by atoms with Gasteiger partial charge in [-0.15, -0.1) is 0 Å². The molecule has 3 aromatic rings. The number of rotatable bonds is 7. The van der Waals surface area contributed by atoms with Gasteiger partial charge < -0.3 is 10.1 Å². The third-order valence-corrected chi connectivity index (χ3v) is 5.69. The van der Waals surface area contributed by atoms with Crippen molar-refractivity contribution in [1.29, 1.82) is 0 Å². The Morgan fingerprint density at radius 2 is 1.83 bits per heavy atom. The standard InChI is InChI=1S/C21H24N4O4S/c1-14(2)25-13-20(21(23-25)16-8-6-5-7-9-16)30(27,28)24-18-12-17(22-15(3)26)10-11-19(18)29-4/h5-14,24H,1-4H3,(H,22,26). The summed E-state index contributed by atoms with van der Waals surface area (Å²) >= 11 is 0. The van der Waals surface area contributed by atoms with E-state index in [0.717, 1.165) is 0 Å². The van der Waals surface area contributed by atoms with E-state index in [0.29, 0.717) is 22.7 Å². The minimum absolute atomic E-state index is 0.0194. The van der Waals surface area contributed by atoms with Crippen LogP contribution in [0, 0.1) is 0 Å². The van der Waals surface area contributed by atoms with E-state index in [-0.39, 0.29) is 22.5 Å². The number of hydrogen-bond acceptors (Lipinski definition) is 5. The maximum Gasteiger partial charge on any atom is 0.265 e. The summed E-state index contributed by atoms with van der Waals surface area (Å²) in [5.74, 6) is 0.0590. The van der Waals surface area contributed by atoms with Gasteiger partial charge in [0.2, 0.25) is 5.91 Å². The summed E-state index contributed by atoms with van der Waals surface area (Å²) in [5.41, 5.74) is 1.70. The lowest BCUT2D eigenvalue weighted by molar-refractivity contribution is -0.114. The first-order valence-corrected chi connectivity index (χ1v) is 10.8. The molecule has 0 aliphatic heterocycles. The van der Waals surface area contributed by atoms with Crippen LogP contribution in [-0.4, -0.2) is 31.2 Å². The van der Waals surface area contributed by atoms with Crippen molar-refractivity contribution >= 4 is 27.3 Å². The van der Waals surface area contributed by atoms with Crippen molar-refractivity contribution in [1.82, 2.24) is 9.78 Å². The Morgan fingerprint density at radius 1 is 1.13 bits per heavy atom. The first-order chi connectivity index (χ1) is 14.2. The molecule has 0 atom stereocenters. The van der Waals surface area contributed by atoms with E-state index in [4.69, 9.17) is 4.74 Å². The summed E-state index contributed by atoms with van der Waals surface area (Å²) in [6.07, 6.45) is 1.51. The van der Waals surface area contributed by atoms with Gasteiger partial charge in [0, 0.05) is 30.4 Å². The molecule has 0 fully saturated rings. The van der Waals surface area contributed by atoms with E-state index < -0.39 is 10.0 Å². The molecule has 0 aliphatic carbocycles. The van der Waals surface area contributed by atoms with E-state index in [2.05, 4.69) is 15.1 Å². The highest BCUT2D eigenvalue weighted by Gasteiger charge is 2.25. The number of nitrogens with one attached hydrogen (secondary N) is 2. The SMILES string of the molecule is COc1ccc(NC(C)=O)cc1NS(=O)(=O)c1cn(C(C)C)nc1-c1ccccc1. The largest absolute Gasteiger partial charge is 0.495 e. The van der Waals surface area contributed by atoms with Crippen LogP contribution in [0.15, 0.2) is 59.6 Å². The molecule has 8 nitrogen and oxygen atoms in total. The van der Waals surface area contributed by atoms with Gasteiger partial charge in [0.1, 0.15) is 16.3 Å². The molecule has 2 N–H and O–H groups in total. The quantitative estimate of drug-likeness (QED) is 0.594. The number of carbonyl (C=O) groups excluding carboxylic acids is 1. The minimum Gasteiger partial charge on any atom is -0.495 e. The first kappa shape index (κ1) is 21.4. The fourth-order valence-electron chi connectivity index (χ4n) is 2.90. The van der Waals surface area contributed by atoms with Crippen LogP contribution in [0.1, 0.15) is 26.8 Å². The molecule has 1 heterocycles. The average molecular weight is 429 g/mol. The highest BCUT2D eigenvalue weighted by Crippen LogP contribution is 2.33. The number of methoxy groups -OCH3 is 1. The molecule has 1 aromatic heterocycles. The van der Waals surface area contributed by atoms with Crippen LogP contribution < -0.4 is 14.8 Å². The highest BCUT2D eigenvalue weighted by atomic mass is 32.2. The maximum atomic E-state index is 13.3. The number of ether oxygens (including phenoxy) is 1. The van der Waals surface area contributed by atoms with Gasteiger partial charge in [-0.05, 0) is 32.0 Å². The summed E-state index contributed by atoms with van der Waals surface area (Å²) < 4.78 is 36.1. The second-order valence-corrected chi connectivity index (χ2v) is 8.63. The van der Waals surface area contributed by atoms with Gasteiger partial charge in [-0.1, -0.05) is 30.3 Å². The molecular weight excluding hydrogens is 404 g/mol. The van der Waals surface area contributed by atoms with Crippen LogP contribution in [0.4, 0.5) is 11.4 Å². The molecule has 0 bridgehead atoms. The van der Waals surface area contributed by atoms with Crippen LogP contribution in [0.5, 0.6) is 5.75 Å². The van der Waals surface area contributed by atoms with E-state index in [1.165, 1.54) is 26.3 Å². The lowest BCUT2D eigenvalue weighted by Crippen LogP contribution is -2.15. The highest BCUT2D eigenvalue weighted by molar-refractivity contribution is 7.92.